The molecule has 0 spiro atoms. The summed E-state index contributed by atoms with van der Waals surface area (Å²) in [4.78, 5) is 4.78. The maximum absolute atomic E-state index is 4.78. The van der Waals surface area contributed by atoms with E-state index in [1.165, 1.54) is 103 Å². The monoisotopic (exact) mass is 550 g/mol. The van der Waals surface area contributed by atoms with Crippen LogP contribution < -0.4 is 0 Å². The van der Waals surface area contributed by atoms with Crippen molar-refractivity contribution in [1.29, 1.82) is 0 Å². The van der Waals surface area contributed by atoms with Crippen molar-refractivity contribution in [2.24, 2.45) is 0 Å². The van der Waals surface area contributed by atoms with Crippen LogP contribution >= 0.6 is 54.7 Å². The van der Waals surface area contributed by atoms with Gasteiger partial charge in [0.05, 0.1) is 0 Å². The summed E-state index contributed by atoms with van der Waals surface area (Å²) in [7, 11) is 7.50. The molecule has 0 aromatic carbocycles. The SMILES string of the molecule is CCCCCCCCCC(C)(C)SSc1nsc(SSC(C)(C)CCCCCCCCC)n1. The molecule has 0 aliphatic carbocycles. The molecule has 1 aromatic rings. The average molecular weight is 551 g/mol. The van der Waals surface area contributed by atoms with E-state index in [0.717, 1.165) is 9.50 Å². The molecule has 1 rings (SSSR count). The second-order valence-corrected chi connectivity index (χ2v) is 17.1. The molecule has 0 aliphatic heterocycles. The van der Waals surface area contributed by atoms with E-state index in [1.807, 2.05) is 32.4 Å². The highest BCUT2D eigenvalue weighted by atomic mass is 33.1. The van der Waals surface area contributed by atoms with Crippen molar-refractivity contribution < 1.29 is 0 Å². The van der Waals surface area contributed by atoms with Gasteiger partial charge in [0.25, 0.3) is 0 Å². The minimum atomic E-state index is 0.278. The highest BCUT2D eigenvalue weighted by Gasteiger charge is 2.22. The van der Waals surface area contributed by atoms with Crippen LogP contribution in [0.15, 0.2) is 9.50 Å². The smallest absolute Gasteiger partial charge is 0.201 e. The molecule has 33 heavy (non-hydrogen) atoms. The summed E-state index contributed by atoms with van der Waals surface area (Å²) in [6.45, 7) is 14.1. The molecule has 2 nitrogen and oxygen atoms in total. The lowest BCUT2D eigenvalue weighted by atomic mass is 10.0. The standard InChI is InChI=1S/C26H50N2S5/c1-7-9-11-13-15-17-19-21-25(3,4)32-30-23-27-24(29-28-23)31-33-26(5,6)22-20-18-16-14-12-10-8-2/h7-22H2,1-6H3. The van der Waals surface area contributed by atoms with Crippen molar-refractivity contribution in [1.82, 2.24) is 9.36 Å². The molecule has 0 fully saturated rings. The van der Waals surface area contributed by atoms with Gasteiger partial charge in [-0.25, -0.2) is 4.98 Å². The molecule has 0 radical (unpaired) electrons. The fourth-order valence-electron chi connectivity index (χ4n) is 3.66. The maximum atomic E-state index is 4.78. The zero-order chi connectivity index (χ0) is 24.4. The number of nitrogens with zero attached hydrogens (tertiary/aromatic N) is 2. The summed E-state index contributed by atoms with van der Waals surface area (Å²) in [5.74, 6) is 0. The van der Waals surface area contributed by atoms with Crippen LogP contribution in [0.5, 0.6) is 0 Å². The highest BCUT2D eigenvalue weighted by molar-refractivity contribution is 8.77. The Bertz CT molecular complexity index is 540. The first-order chi connectivity index (χ1) is 15.8. The summed E-state index contributed by atoms with van der Waals surface area (Å²) >= 11 is 1.56. The first-order valence-electron chi connectivity index (χ1n) is 13.3. The Kier molecular flexibility index (Phi) is 18.5. The van der Waals surface area contributed by atoms with Crippen molar-refractivity contribution in [2.45, 2.75) is 163 Å². The van der Waals surface area contributed by atoms with Crippen molar-refractivity contribution in [3.63, 3.8) is 0 Å². The van der Waals surface area contributed by atoms with Gasteiger partial charge in [-0.1, -0.05) is 125 Å². The molecule has 0 unspecified atom stereocenters. The van der Waals surface area contributed by atoms with Gasteiger partial charge in [0.1, 0.15) is 0 Å². The third kappa shape index (κ3) is 17.9. The molecule has 0 saturated heterocycles. The minimum absolute atomic E-state index is 0.278. The molecule has 0 N–H and O–H groups in total. The maximum Gasteiger partial charge on any atom is 0.211 e. The summed E-state index contributed by atoms with van der Waals surface area (Å²) in [5, 5.41) is 0.936. The molecular weight excluding hydrogens is 501 g/mol. The Labute approximate surface area is 226 Å². The third-order valence-electron chi connectivity index (χ3n) is 5.83. The fourth-order valence-corrected chi connectivity index (χ4v) is 9.24. The largest absolute Gasteiger partial charge is 0.211 e. The average Bonchev–Trinajstić information content (AvgIpc) is 3.23. The molecule has 1 heterocycles. The normalized spacial score (nSPS) is 12.5. The summed E-state index contributed by atoms with van der Waals surface area (Å²) in [5.41, 5.74) is 0. The van der Waals surface area contributed by atoms with Crippen LogP contribution in [0.3, 0.4) is 0 Å². The van der Waals surface area contributed by atoms with E-state index in [0.29, 0.717) is 4.75 Å². The lowest BCUT2D eigenvalue weighted by Gasteiger charge is -2.22. The Morgan fingerprint density at radius 3 is 1.52 bits per heavy atom. The highest BCUT2D eigenvalue weighted by Crippen LogP contribution is 2.46. The molecule has 0 bridgehead atoms. The van der Waals surface area contributed by atoms with Gasteiger partial charge in [-0.15, -0.1) is 0 Å². The van der Waals surface area contributed by atoms with Crippen LogP contribution in [0.1, 0.15) is 144 Å². The van der Waals surface area contributed by atoms with Gasteiger partial charge in [-0.05, 0) is 73.7 Å². The van der Waals surface area contributed by atoms with Crippen LogP contribution in [-0.4, -0.2) is 18.9 Å². The topological polar surface area (TPSA) is 25.8 Å². The second kappa shape index (κ2) is 19.1. The Balaban J connectivity index is 2.20. The Morgan fingerprint density at radius 1 is 0.606 bits per heavy atom. The van der Waals surface area contributed by atoms with E-state index in [1.54, 1.807) is 22.3 Å². The second-order valence-electron chi connectivity index (χ2n) is 10.4. The zero-order valence-electron chi connectivity index (χ0n) is 22.2. The third-order valence-corrected chi connectivity index (χ3v) is 13.4. The molecule has 0 saturated carbocycles. The molecule has 0 atom stereocenters. The molecule has 0 aliphatic rings. The van der Waals surface area contributed by atoms with Crippen molar-refractivity contribution in [3.05, 3.63) is 0 Å². The van der Waals surface area contributed by atoms with E-state index >= 15 is 0 Å². The summed E-state index contributed by atoms with van der Waals surface area (Å²) in [6, 6.07) is 0. The molecule has 0 amide bonds. The van der Waals surface area contributed by atoms with Crippen LogP contribution in [0.2, 0.25) is 0 Å². The molecule has 1 aromatic heterocycles. The Hall–Kier alpha value is 0.960. The van der Waals surface area contributed by atoms with Gasteiger partial charge < -0.3 is 0 Å². The van der Waals surface area contributed by atoms with Gasteiger partial charge >= 0.3 is 0 Å². The quantitative estimate of drug-likeness (QED) is 0.105. The molecular formula is C26H50N2S5. The first kappa shape index (κ1) is 32.0. The number of rotatable bonds is 22. The van der Waals surface area contributed by atoms with Gasteiger partial charge in [0, 0.05) is 9.49 Å². The zero-order valence-corrected chi connectivity index (χ0v) is 26.3. The van der Waals surface area contributed by atoms with Crippen LogP contribution in [0.25, 0.3) is 0 Å². The Morgan fingerprint density at radius 2 is 1.03 bits per heavy atom. The number of aromatic nitrogens is 2. The van der Waals surface area contributed by atoms with Crippen molar-refractivity contribution in [3.8, 4) is 0 Å². The first-order valence-corrected chi connectivity index (χ1v) is 18.4. The van der Waals surface area contributed by atoms with Crippen LogP contribution in [0, 0.1) is 0 Å². The summed E-state index contributed by atoms with van der Waals surface area (Å²) in [6.07, 6.45) is 21.9. The van der Waals surface area contributed by atoms with E-state index in [4.69, 9.17) is 4.98 Å². The fraction of sp³-hybridized carbons (Fsp3) is 0.923. The predicted octanol–water partition coefficient (Wildman–Crippen LogP) is 11.9. The van der Waals surface area contributed by atoms with E-state index in [9.17, 15) is 0 Å². The van der Waals surface area contributed by atoms with E-state index in [2.05, 4.69) is 45.9 Å². The van der Waals surface area contributed by atoms with Crippen LogP contribution in [-0.2, 0) is 0 Å². The predicted molar refractivity (Wildman–Crippen MR) is 160 cm³/mol. The van der Waals surface area contributed by atoms with Gasteiger partial charge in [-0.3, -0.25) is 0 Å². The van der Waals surface area contributed by atoms with Gasteiger partial charge in [-0.2, -0.15) is 4.37 Å². The van der Waals surface area contributed by atoms with Gasteiger partial charge in [0.2, 0.25) is 5.16 Å². The summed E-state index contributed by atoms with van der Waals surface area (Å²) < 4.78 is 6.28. The number of hydrogen-bond donors (Lipinski definition) is 0. The van der Waals surface area contributed by atoms with Crippen LogP contribution in [0.4, 0.5) is 0 Å². The number of hydrogen-bond acceptors (Lipinski definition) is 7. The molecule has 194 valence electrons. The number of unbranched alkanes of at least 4 members (excludes halogenated alkanes) is 12. The van der Waals surface area contributed by atoms with Crippen molar-refractivity contribution >= 4 is 54.7 Å². The lowest BCUT2D eigenvalue weighted by molar-refractivity contribution is 0.538. The van der Waals surface area contributed by atoms with Crippen molar-refractivity contribution in [2.75, 3.05) is 0 Å². The van der Waals surface area contributed by atoms with E-state index < -0.39 is 0 Å². The van der Waals surface area contributed by atoms with E-state index in [-0.39, 0.29) is 4.75 Å². The lowest BCUT2D eigenvalue weighted by Crippen LogP contribution is -2.12. The van der Waals surface area contributed by atoms with Gasteiger partial charge in [0.15, 0.2) is 4.34 Å². The molecule has 7 heteroatoms. The minimum Gasteiger partial charge on any atom is -0.201 e.